The Kier molecular flexibility index (Phi) is 7.85. The summed E-state index contributed by atoms with van der Waals surface area (Å²) in [6, 6.07) is 0.940. The number of hydrogen-bond acceptors (Lipinski definition) is 5. The van der Waals surface area contributed by atoms with E-state index >= 15 is 0 Å². The van der Waals surface area contributed by atoms with E-state index in [-0.39, 0.29) is 17.0 Å². The number of ether oxygens (including phenoxy) is 1. The fraction of sp³-hybridized carbons (Fsp3) is 0.333. The third-order valence-electron chi connectivity index (χ3n) is 4.67. The Morgan fingerprint density at radius 3 is 2.70 bits per heavy atom. The first-order chi connectivity index (χ1) is 14.2. The summed E-state index contributed by atoms with van der Waals surface area (Å²) in [4.78, 5) is 41.8. The van der Waals surface area contributed by atoms with E-state index in [2.05, 4.69) is 16.9 Å². The number of nitrogens with two attached hydrogens (primary N) is 1. The number of pyridine rings is 1. The molecule has 30 heavy (non-hydrogen) atoms. The molecule has 9 heteroatoms. The molecule has 1 saturated heterocycles. The zero-order valence-electron chi connectivity index (χ0n) is 17.0. The van der Waals surface area contributed by atoms with Crippen LogP contribution in [0.15, 0.2) is 54.4 Å². The fourth-order valence-corrected chi connectivity index (χ4v) is 3.14. The molecule has 0 saturated carbocycles. The molecule has 1 atom stereocenters. The van der Waals surface area contributed by atoms with Crippen molar-refractivity contribution < 1.29 is 23.5 Å². The number of anilines is 1. The van der Waals surface area contributed by atoms with Crippen LogP contribution in [0, 0.1) is 0 Å². The van der Waals surface area contributed by atoms with Gasteiger partial charge in [-0.3, -0.25) is 19.4 Å². The van der Waals surface area contributed by atoms with Gasteiger partial charge >= 0.3 is 11.8 Å². The molecule has 0 bridgehead atoms. The summed E-state index contributed by atoms with van der Waals surface area (Å²) in [5, 5.41) is 2.44. The molecule has 0 radical (unpaired) electrons. The van der Waals surface area contributed by atoms with Crippen molar-refractivity contribution in [3.63, 3.8) is 0 Å². The number of nitrogens with zero attached hydrogens (tertiary/aromatic N) is 2. The molecule has 0 spiro atoms. The minimum absolute atomic E-state index is 0.0596. The van der Waals surface area contributed by atoms with Gasteiger partial charge < -0.3 is 20.7 Å². The smallest absolute Gasteiger partial charge is 0.313 e. The summed E-state index contributed by atoms with van der Waals surface area (Å²) in [6.07, 6.45) is 7.83. The summed E-state index contributed by atoms with van der Waals surface area (Å²) in [5.41, 5.74) is 6.06. The third-order valence-corrected chi connectivity index (χ3v) is 4.67. The van der Waals surface area contributed by atoms with Crippen molar-refractivity contribution in [3.05, 3.63) is 59.9 Å². The number of nitrogens with one attached hydrogen (secondary N) is 1. The highest BCUT2D eigenvalue weighted by Crippen LogP contribution is 2.24. The van der Waals surface area contributed by atoms with Crippen LogP contribution in [-0.2, 0) is 14.3 Å². The average molecular weight is 416 g/mol. The number of amides is 3. The molecule has 1 aromatic rings. The van der Waals surface area contributed by atoms with Crippen LogP contribution in [0.2, 0.25) is 0 Å². The van der Waals surface area contributed by atoms with Crippen molar-refractivity contribution in [2.75, 3.05) is 19.0 Å². The predicted octanol–water partition coefficient (Wildman–Crippen LogP) is 2.46. The Balaban J connectivity index is 2.13. The van der Waals surface area contributed by atoms with E-state index in [9.17, 15) is 18.8 Å². The molecule has 1 fully saturated rings. The molecule has 1 aliphatic rings. The lowest BCUT2D eigenvalue weighted by Crippen LogP contribution is -2.48. The number of likely N-dealkylation sites (tertiary alicyclic amines) is 1. The highest BCUT2D eigenvalue weighted by atomic mass is 19.1. The lowest BCUT2D eigenvalue weighted by atomic mass is 9.95. The first-order valence-electron chi connectivity index (χ1n) is 9.38. The van der Waals surface area contributed by atoms with E-state index in [1.54, 1.807) is 6.08 Å². The number of aromatic nitrogens is 1. The SMILES string of the molecule is C=C(/C=C\C(OC)=C(/C)F)[C@@H]1CCCCN1C(=O)C(=O)Nc1cncc(C(N)=O)c1. The summed E-state index contributed by atoms with van der Waals surface area (Å²) in [5.74, 6) is -2.71. The van der Waals surface area contributed by atoms with Crippen LogP contribution in [0.3, 0.4) is 0 Å². The number of hydrogen-bond donors (Lipinski definition) is 2. The molecule has 0 aromatic carbocycles. The Hall–Kier alpha value is -3.49. The number of carbonyl (C=O) groups is 3. The fourth-order valence-electron chi connectivity index (χ4n) is 3.14. The van der Waals surface area contributed by atoms with Crippen LogP contribution in [0.25, 0.3) is 0 Å². The Labute approximate surface area is 174 Å². The average Bonchev–Trinajstić information content (AvgIpc) is 2.73. The van der Waals surface area contributed by atoms with Gasteiger partial charge in [-0.1, -0.05) is 12.7 Å². The van der Waals surface area contributed by atoms with E-state index in [1.807, 2.05) is 0 Å². The zero-order chi connectivity index (χ0) is 22.3. The summed E-state index contributed by atoms with van der Waals surface area (Å²) < 4.78 is 18.3. The number of rotatable bonds is 6. The van der Waals surface area contributed by atoms with Crippen LogP contribution >= 0.6 is 0 Å². The van der Waals surface area contributed by atoms with Gasteiger partial charge in [0.1, 0.15) is 11.6 Å². The van der Waals surface area contributed by atoms with Gasteiger partial charge in [0.15, 0.2) is 0 Å². The standard InChI is InChI=1S/C21H25FN4O4/c1-13(7-8-18(30-3)14(2)22)17-6-4-5-9-26(17)21(29)20(28)25-16-10-15(19(23)27)11-24-12-16/h7-8,10-12,17H,1,4-6,9H2,2-3H3,(H2,23,27)(H,25,28)/b8-7-,18-14-/t17-/m0/s1. The molecule has 8 nitrogen and oxygen atoms in total. The number of primary amides is 1. The number of allylic oxidation sites excluding steroid dienone is 2. The van der Waals surface area contributed by atoms with Gasteiger partial charge in [-0.25, -0.2) is 4.39 Å². The maximum Gasteiger partial charge on any atom is 0.313 e. The minimum atomic E-state index is -0.862. The molecule has 0 unspecified atom stereocenters. The van der Waals surface area contributed by atoms with E-state index < -0.39 is 29.6 Å². The molecule has 2 heterocycles. The van der Waals surface area contributed by atoms with E-state index in [1.165, 1.54) is 43.5 Å². The minimum Gasteiger partial charge on any atom is -0.494 e. The lowest BCUT2D eigenvalue weighted by Gasteiger charge is -2.35. The van der Waals surface area contributed by atoms with E-state index in [0.717, 1.165) is 12.8 Å². The van der Waals surface area contributed by atoms with Gasteiger partial charge in [-0.15, -0.1) is 0 Å². The van der Waals surface area contributed by atoms with Crippen LogP contribution in [0.5, 0.6) is 0 Å². The lowest BCUT2D eigenvalue weighted by molar-refractivity contribution is -0.145. The first kappa shape index (κ1) is 22.8. The van der Waals surface area contributed by atoms with Gasteiger partial charge in [0.05, 0.1) is 30.6 Å². The normalized spacial score (nSPS) is 17.3. The molecule has 3 N–H and O–H groups in total. The summed E-state index contributed by atoms with van der Waals surface area (Å²) in [6.45, 7) is 5.64. The van der Waals surface area contributed by atoms with Gasteiger partial charge in [-0.05, 0) is 43.9 Å². The molecular weight excluding hydrogens is 391 g/mol. The zero-order valence-corrected chi connectivity index (χ0v) is 17.0. The Bertz CT molecular complexity index is 906. The quantitative estimate of drug-likeness (QED) is 0.420. The summed E-state index contributed by atoms with van der Waals surface area (Å²) >= 11 is 0. The first-order valence-corrected chi connectivity index (χ1v) is 9.38. The molecule has 1 aromatic heterocycles. The molecule has 2 rings (SSSR count). The van der Waals surface area contributed by atoms with Gasteiger partial charge in [0.2, 0.25) is 5.91 Å². The largest absolute Gasteiger partial charge is 0.494 e. The van der Waals surface area contributed by atoms with Crippen molar-refractivity contribution in [1.29, 1.82) is 0 Å². The second-order valence-electron chi connectivity index (χ2n) is 6.80. The molecule has 3 amide bonds. The molecule has 1 aliphatic heterocycles. The third kappa shape index (κ3) is 5.76. The van der Waals surface area contributed by atoms with Crippen LogP contribution in [-0.4, -0.2) is 47.3 Å². The molecule has 160 valence electrons. The second-order valence-corrected chi connectivity index (χ2v) is 6.80. The van der Waals surface area contributed by atoms with Gasteiger partial charge in [0.25, 0.3) is 0 Å². The van der Waals surface area contributed by atoms with Crippen molar-refractivity contribution >= 4 is 23.4 Å². The van der Waals surface area contributed by atoms with Crippen LogP contribution in [0.4, 0.5) is 10.1 Å². The van der Waals surface area contributed by atoms with Crippen LogP contribution < -0.4 is 11.1 Å². The highest BCUT2D eigenvalue weighted by Gasteiger charge is 2.31. The Morgan fingerprint density at radius 2 is 2.07 bits per heavy atom. The molecular formula is C21H25FN4O4. The monoisotopic (exact) mass is 416 g/mol. The number of carbonyl (C=O) groups excluding carboxylic acids is 3. The highest BCUT2D eigenvalue weighted by molar-refractivity contribution is 6.39. The maximum atomic E-state index is 13.4. The Morgan fingerprint density at radius 1 is 1.33 bits per heavy atom. The van der Waals surface area contributed by atoms with Crippen molar-refractivity contribution in [2.24, 2.45) is 5.73 Å². The second kappa shape index (κ2) is 10.3. The van der Waals surface area contributed by atoms with E-state index in [0.29, 0.717) is 18.5 Å². The van der Waals surface area contributed by atoms with Crippen molar-refractivity contribution in [2.45, 2.75) is 32.2 Å². The maximum absolute atomic E-state index is 13.4. The van der Waals surface area contributed by atoms with E-state index in [4.69, 9.17) is 10.5 Å². The van der Waals surface area contributed by atoms with Crippen molar-refractivity contribution in [1.82, 2.24) is 9.88 Å². The van der Waals surface area contributed by atoms with Crippen molar-refractivity contribution in [3.8, 4) is 0 Å². The van der Waals surface area contributed by atoms with Crippen LogP contribution in [0.1, 0.15) is 36.5 Å². The van der Waals surface area contributed by atoms with Gasteiger partial charge in [0, 0.05) is 12.7 Å². The predicted molar refractivity (Wildman–Crippen MR) is 110 cm³/mol. The van der Waals surface area contributed by atoms with Gasteiger partial charge in [-0.2, -0.15) is 0 Å². The topological polar surface area (TPSA) is 115 Å². The number of piperidine rings is 1. The summed E-state index contributed by atoms with van der Waals surface area (Å²) in [7, 11) is 1.36. The number of methoxy groups -OCH3 is 1. The number of halogens is 1. The molecule has 0 aliphatic carbocycles.